The van der Waals surface area contributed by atoms with Gasteiger partial charge in [-0.2, -0.15) is 0 Å². The molecule has 2 rings (SSSR count). The Morgan fingerprint density at radius 1 is 1.12 bits per heavy atom. The number of ether oxygens (including phenoxy) is 1. The number of nitrogens with one attached hydrogen (secondary N) is 1. The molecule has 0 radical (unpaired) electrons. The lowest BCUT2D eigenvalue weighted by atomic mass is 10.0. The summed E-state index contributed by atoms with van der Waals surface area (Å²) in [7, 11) is 0. The molecular formula is C25H39ClN2O5. The molecule has 1 unspecified atom stereocenters. The molecule has 1 aliphatic carbocycles. The zero-order chi connectivity index (χ0) is 23.3. The van der Waals surface area contributed by atoms with E-state index in [1.807, 2.05) is 37.3 Å². The number of benzene rings is 1. The van der Waals surface area contributed by atoms with Crippen molar-refractivity contribution in [3.8, 4) is 0 Å². The predicted molar refractivity (Wildman–Crippen MR) is 130 cm³/mol. The van der Waals surface area contributed by atoms with E-state index in [9.17, 15) is 19.5 Å². The van der Waals surface area contributed by atoms with E-state index >= 15 is 0 Å². The zero-order valence-electron chi connectivity index (χ0n) is 19.8. The molecule has 0 saturated heterocycles. The Hall–Kier alpha value is -2.12. The standard InChI is InChI=1S/C25H38N2O5.ClH/c1-3-17-32-25(31)22(16-15-20-11-7-6-8-12-20)26-19(2)24(30)27(18-23(28)29)21-13-9-4-5-10-14-21;/h6-8,11-12,19,21-22,26H,3-5,9-10,13-18H2,1-2H3,(H,28,29);1H/t19-,22?;/m0./s1. The SMILES string of the molecule is CCCOC(=O)C(CCc1ccccc1)N[C@@H](C)C(=O)N(CC(=O)O)C1CCCCCC1.Cl. The van der Waals surface area contributed by atoms with Crippen LogP contribution in [0.3, 0.4) is 0 Å². The minimum absolute atomic E-state index is 0. The third kappa shape index (κ3) is 10.1. The molecule has 1 amide bonds. The van der Waals surface area contributed by atoms with Gasteiger partial charge in [0.1, 0.15) is 12.6 Å². The summed E-state index contributed by atoms with van der Waals surface area (Å²) in [6.45, 7) is 3.65. The van der Waals surface area contributed by atoms with Crippen LogP contribution in [0.1, 0.15) is 70.8 Å². The Labute approximate surface area is 203 Å². The van der Waals surface area contributed by atoms with Gasteiger partial charge in [0.05, 0.1) is 12.6 Å². The summed E-state index contributed by atoms with van der Waals surface area (Å²) in [5.41, 5.74) is 1.10. The average molecular weight is 483 g/mol. The highest BCUT2D eigenvalue weighted by molar-refractivity contribution is 5.86. The maximum Gasteiger partial charge on any atom is 0.323 e. The Morgan fingerprint density at radius 3 is 2.33 bits per heavy atom. The lowest BCUT2D eigenvalue weighted by Crippen LogP contribution is -2.54. The highest BCUT2D eigenvalue weighted by Crippen LogP contribution is 2.22. The van der Waals surface area contributed by atoms with Crippen LogP contribution in [0.15, 0.2) is 30.3 Å². The number of carboxylic acid groups (broad SMARTS) is 1. The van der Waals surface area contributed by atoms with E-state index in [-0.39, 0.29) is 36.9 Å². The van der Waals surface area contributed by atoms with Gasteiger partial charge in [0, 0.05) is 6.04 Å². The molecule has 1 aliphatic rings. The maximum absolute atomic E-state index is 13.3. The van der Waals surface area contributed by atoms with Crippen molar-refractivity contribution < 1.29 is 24.2 Å². The second-order valence-electron chi connectivity index (χ2n) is 8.64. The van der Waals surface area contributed by atoms with Gasteiger partial charge < -0.3 is 14.7 Å². The first-order chi connectivity index (χ1) is 15.4. The molecule has 1 aromatic rings. The average Bonchev–Trinajstić information content (AvgIpc) is 3.08. The lowest BCUT2D eigenvalue weighted by molar-refractivity contribution is -0.149. The van der Waals surface area contributed by atoms with Crippen LogP contribution in [0.2, 0.25) is 0 Å². The van der Waals surface area contributed by atoms with E-state index in [0.29, 0.717) is 19.4 Å². The highest BCUT2D eigenvalue weighted by Gasteiger charge is 2.32. The second kappa shape index (κ2) is 15.7. The summed E-state index contributed by atoms with van der Waals surface area (Å²) in [6.07, 6.45) is 7.75. The first-order valence-electron chi connectivity index (χ1n) is 11.9. The number of nitrogens with zero attached hydrogens (tertiary/aromatic N) is 1. The third-order valence-electron chi connectivity index (χ3n) is 5.97. The van der Waals surface area contributed by atoms with Crippen molar-refractivity contribution in [1.29, 1.82) is 0 Å². The van der Waals surface area contributed by atoms with Crippen LogP contribution < -0.4 is 5.32 Å². The van der Waals surface area contributed by atoms with Crippen LogP contribution in [-0.4, -0.2) is 59.1 Å². The number of aryl methyl sites for hydroxylation is 1. The number of aliphatic carboxylic acids is 1. The molecule has 33 heavy (non-hydrogen) atoms. The first-order valence-corrected chi connectivity index (χ1v) is 11.9. The largest absolute Gasteiger partial charge is 0.480 e. The molecule has 0 bridgehead atoms. The lowest BCUT2D eigenvalue weighted by Gasteiger charge is -2.33. The smallest absolute Gasteiger partial charge is 0.323 e. The Balaban J connectivity index is 0.00000544. The van der Waals surface area contributed by atoms with Crippen molar-refractivity contribution in [3.05, 3.63) is 35.9 Å². The molecule has 0 aliphatic heterocycles. The van der Waals surface area contributed by atoms with Crippen molar-refractivity contribution in [2.45, 2.75) is 89.8 Å². The van der Waals surface area contributed by atoms with E-state index in [4.69, 9.17) is 4.74 Å². The molecule has 186 valence electrons. The first kappa shape index (κ1) is 28.9. The topological polar surface area (TPSA) is 95.9 Å². The van der Waals surface area contributed by atoms with Gasteiger partial charge in [-0.1, -0.05) is 62.9 Å². The number of hydrogen-bond acceptors (Lipinski definition) is 5. The Kier molecular flexibility index (Phi) is 13.7. The summed E-state index contributed by atoms with van der Waals surface area (Å²) in [6, 6.07) is 8.47. The zero-order valence-corrected chi connectivity index (χ0v) is 20.6. The minimum Gasteiger partial charge on any atom is -0.480 e. The molecule has 2 N–H and O–H groups in total. The van der Waals surface area contributed by atoms with E-state index in [1.54, 1.807) is 6.92 Å². The maximum atomic E-state index is 13.3. The van der Waals surface area contributed by atoms with E-state index in [0.717, 1.165) is 50.5 Å². The second-order valence-corrected chi connectivity index (χ2v) is 8.64. The number of carbonyl (C=O) groups is 3. The molecule has 0 aromatic heterocycles. The monoisotopic (exact) mass is 482 g/mol. The normalized spacial score (nSPS) is 16.1. The molecular weight excluding hydrogens is 444 g/mol. The van der Waals surface area contributed by atoms with Crippen LogP contribution in [0.4, 0.5) is 0 Å². The molecule has 1 saturated carbocycles. The van der Waals surface area contributed by atoms with Crippen molar-refractivity contribution in [2.75, 3.05) is 13.2 Å². The summed E-state index contributed by atoms with van der Waals surface area (Å²) in [4.78, 5) is 38.9. The van der Waals surface area contributed by atoms with Gasteiger partial charge in [0.25, 0.3) is 0 Å². The van der Waals surface area contributed by atoms with Gasteiger partial charge in [0.15, 0.2) is 0 Å². The summed E-state index contributed by atoms with van der Waals surface area (Å²) >= 11 is 0. The fraction of sp³-hybridized carbons (Fsp3) is 0.640. The molecule has 1 aromatic carbocycles. The fourth-order valence-corrected chi connectivity index (χ4v) is 4.25. The van der Waals surface area contributed by atoms with Crippen LogP contribution in [-0.2, 0) is 25.5 Å². The fourth-order valence-electron chi connectivity index (χ4n) is 4.25. The number of rotatable bonds is 12. The van der Waals surface area contributed by atoms with Crippen molar-refractivity contribution in [2.24, 2.45) is 0 Å². The predicted octanol–water partition coefficient (Wildman–Crippen LogP) is 3.98. The van der Waals surface area contributed by atoms with Gasteiger partial charge in [-0.25, -0.2) is 0 Å². The quantitative estimate of drug-likeness (QED) is 0.345. The van der Waals surface area contributed by atoms with Crippen LogP contribution >= 0.6 is 12.4 Å². The van der Waals surface area contributed by atoms with Crippen molar-refractivity contribution in [1.82, 2.24) is 10.2 Å². The summed E-state index contributed by atoms with van der Waals surface area (Å²) in [5, 5.41) is 12.6. The van der Waals surface area contributed by atoms with Crippen molar-refractivity contribution in [3.63, 3.8) is 0 Å². The van der Waals surface area contributed by atoms with Crippen LogP contribution in [0.5, 0.6) is 0 Å². The van der Waals surface area contributed by atoms with Crippen LogP contribution in [0, 0.1) is 0 Å². The van der Waals surface area contributed by atoms with Gasteiger partial charge in [-0.05, 0) is 44.6 Å². The molecule has 1 fully saturated rings. The summed E-state index contributed by atoms with van der Waals surface area (Å²) in [5.74, 6) is -1.66. The van der Waals surface area contributed by atoms with Crippen LogP contribution in [0.25, 0.3) is 0 Å². The van der Waals surface area contributed by atoms with Gasteiger partial charge >= 0.3 is 11.9 Å². The minimum atomic E-state index is -1.02. The molecule has 2 atom stereocenters. The molecule has 7 nitrogen and oxygen atoms in total. The molecule has 8 heteroatoms. The van der Waals surface area contributed by atoms with Gasteiger partial charge in [-0.15, -0.1) is 12.4 Å². The Morgan fingerprint density at radius 2 is 1.76 bits per heavy atom. The third-order valence-corrected chi connectivity index (χ3v) is 5.97. The van der Waals surface area contributed by atoms with E-state index in [2.05, 4.69) is 5.32 Å². The number of esters is 1. The molecule has 0 heterocycles. The Bertz CT molecular complexity index is 723. The molecule has 0 spiro atoms. The number of carbonyl (C=O) groups excluding carboxylic acids is 2. The number of halogens is 1. The van der Waals surface area contributed by atoms with Gasteiger partial charge in [-0.3, -0.25) is 19.7 Å². The summed E-state index contributed by atoms with van der Waals surface area (Å²) < 4.78 is 5.36. The van der Waals surface area contributed by atoms with E-state index < -0.39 is 18.1 Å². The van der Waals surface area contributed by atoms with Crippen molar-refractivity contribution >= 4 is 30.3 Å². The number of amides is 1. The highest BCUT2D eigenvalue weighted by atomic mass is 35.5. The number of carboxylic acids is 1. The van der Waals surface area contributed by atoms with Gasteiger partial charge in [0.2, 0.25) is 5.91 Å². The van der Waals surface area contributed by atoms with E-state index in [1.165, 1.54) is 4.90 Å². The number of hydrogen-bond donors (Lipinski definition) is 2.